The fourth-order valence-corrected chi connectivity index (χ4v) is 3.24. The molecule has 8 nitrogen and oxygen atoms in total. The number of aromatic nitrogens is 5. The Kier molecular flexibility index (Phi) is 4.47. The lowest BCUT2D eigenvalue weighted by Gasteiger charge is -2.38. The number of hydrogen-bond donors (Lipinski definition) is 1. The van der Waals surface area contributed by atoms with E-state index in [0.29, 0.717) is 31.1 Å². The van der Waals surface area contributed by atoms with Gasteiger partial charge < -0.3 is 10.2 Å². The Hall–Kier alpha value is -3.03. The molecule has 1 aliphatic heterocycles. The normalized spacial score (nSPS) is 14.6. The monoisotopic (exact) mass is 365 g/mol. The summed E-state index contributed by atoms with van der Waals surface area (Å²) in [6.45, 7) is 8.22. The number of nitrogens with one attached hydrogen (secondary N) is 1. The van der Waals surface area contributed by atoms with Gasteiger partial charge in [0.15, 0.2) is 17.0 Å². The van der Waals surface area contributed by atoms with Gasteiger partial charge in [0, 0.05) is 25.3 Å². The first-order chi connectivity index (χ1) is 13.1. The average molecular weight is 365 g/mol. The fraction of sp³-hybridized carbons (Fsp3) is 0.421. The largest absolute Gasteiger partial charge is 0.353 e. The number of fused-ring (bicyclic) bond motifs is 1. The Labute approximate surface area is 157 Å². The van der Waals surface area contributed by atoms with E-state index in [1.54, 1.807) is 4.68 Å². The number of aryl methyl sites for hydroxylation is 1. The van der Waals surface area contributed by atoms with Gasteiger partial charge in [-0.2, -0.15) is 0 Å². The molecule has 1 aliphatic rings. The minimum Gasteiger partial charge on any atom is -0.353 e. The second-order valence-electron chi connectivity index (χ2n) is 7.14. The quantitative estimate of drug-likeness (QED) is 0.747. The molecule has 4 rings (SSSR count). The summed E-state index contributed by atoms with van der Waals surface area (Å²) < 4.78 is 1.74. The highest BCUT2D eigenvalue weighted by Crippen LogP contribution is 2.28. The van der Waals surface area contributed by atoms with Crippen LogP contribution in [0, 0.1) is 5.92 Å². The molecule has 0 unspecified atom stereocenters. The first-order valence-corrected chi connectivity index (χ1v) is 9.26. The van der Waals surface area contributed by atoms with Crippen molar-refractivity contribution in [3.63, 3.8) is 0 Å². The predicted molar refractivity (Wildman–Crippen MR) is 104 cm³/mol. The molecule has 0 atom stereocenters. The van der Waals surface area contributed by atoms with E-state index in [0.717, 1.165) is 17.2 Å². The fourth-order valence-electron chi connectivity index (χ4n) is 3.24. The zero-order valence-corrected chi connectivity index (χ0v) is 15.8. The zero-order valence-electron chi connectivity index (χ0n) is 15.8. The Morgan fingerprint density at radius 2 is 1.96 bits per heavy atom. The van der Waals surface area contributed by atoms with E-state index in [1.165, 1.54) is 11.9 Å². The Morgan fingerprint density at radius 1 is 1.22 bits per heavy atom. The van der Waals surface area contributed by atoms with Gasteiger partial charge in [0.1, 0.15) is 6.33 Å². The number of carbonyl (C=O) groups is 1. The van der Waals surface area contributed by atoms with Crippen molar-refractivity contribution in [1.29, 1.82) is 0 Å². The lowest BCUT2D eigenvalue weighted by Crippen LogP contribution is -2.52. The topological polar surface area (TPSA) is 88.8 Å². The third kappa shape index (κ3) is 3.22. The smallest absolute Gasteiger partial charge is 0.231 e. The van der Waals surface area contributed by atoms with Crippen LogP contribution < -0.4 is 10.2 Å². The molecule has 0 radical (unpaired) electrons. The lowest BCUT2D eigenvalue weighted by molar-refractivity contribution is -0.120. The van der Waals surface area contributed by atoms with Crippen LogP contribution in [0.2, 0.25) is 0 Å². The van der Waals surface area contributed by atoms with Gasteiger partial charge >= 0.3 is 0 Å². The summed E-state index contributed by atoms with van der Waals surface area (Å²) in [4.78, 5) is 23.2. The third-order valence-electron chi connectivity index (χ3n) is 4.98. The minimum atomic E-state index is -0.0685. The van der Waals surface area contributed by atoms with Crippen molar-refractivity contribution in [3.8, 4) is 0 Å². The van der Waals surface area contributed by atoms with E-state index in [-0.39, 0.29) is 11.8 Å². The summed E-state index contributed by atoms with van der Waals surface area (Å²) in [6.07, 6.45) is 1.52. The number of amides is 1. The molecule has 3 aromatic rings. The zero-order chi connectivity index (χ0) is 19.0. The SMILES string of the molecule is CCn1nnc2c(N3CC(C(=O)Nc4ccc(C(C)C)cc4)C3)ncnc21. The molecule has 1 amide bonds. The Morgan fingerprint density at radius 3 is 2.63 bits per heavy atom. The molecule has 0 aliphatic carbocycles. The highest BCUT2D eigenvalue weighted by atomic mass is 16.2. The molecule has 8 heteroatoms. The number of carbonyl (C=O) groups excluding carboxylic acids is 1. The van der Waals surface area contributed by atoms with Gasteiger partial charge in [0.05, 0.1) is 5.92 Å². The van der Waals surface area contributed by atoms with Crippen LogP contribution in [0.1, 0.15) is 32.3 Å². The molecule has 3 heterocycles. The van der Waals surface area contributed by atoms with E-state index in [2.05, 4.69) is 51.6 Å². The predicted octanol–water partition coefficient (Wildman–Crippen LogP) is 2.44. The van der Waals surface area contributed by atoms with Crippen LogP contribution in [-0.4, -0.2) is 44.0 Å². The van der Waals surface area contributed by atoms with Crippen LogP contribution in [0.4, 0.5) is 11.5 Å². The standard InChI is InChI=1S/C19H23N7O/c1-4-26-18-16(23-24-26)17(20-11-21-18)25-9-14(10-25)19(27)22-15-7-5-13(6-8-15)12(2)3/h5-8,11-12,14H,4,9-10H2,1-3H3,(H,22,27). The molecule has 0 spiro atoms. The first-order valence-electron chi connectivity index (χ1n) is 9.26. The van der Waals surface area contributed by atoms with Crippen LogP contribution in [0.3, 0.4) is 0 Å². The van der Waals surface area contributed by atoms with Crippen LogP contribution >= 0.6 is 0 Å². The second-order valence-corrected chi connectivity index (χ2v) is 7.14. The highest BCUT2D eigenvalue weighted by molar-refractivity contribution is 5.95. The van der Waals surface area contributed by atoms with Crippen molar-refractivity contribution >= 4 is 28.6 Å². The maximum Gasteiger partial charge on any atom is 0.231 e. The van der Waals surface area contributed by atoms with Crippen LogP contribution in [-0.2, 0) is 11.3 Å². The minimum absolute atomic E-state index is 0.0334. The summed E-state index contributed by atoms with van der Waals surface area (Å²) in [6, 6.07) is 8.03. The molecule has 1 N–H and O–H groups in total. The van der Waals surface area contributed by atoms with Gasteiger partial charge in [-0.25, -0.2) is 14.6 Å². The lowest BCUT2D eigenvalue weighted by atomic mass is 9.98. The molecule has 1 saturated heterocycles. The Balaban J connectivity index is 1.40. The number of rotatable bonds is 5. The molecule has 0 saturated carbocycles. The second kappa shape index (κ2) is 6.94. The van der Waals surface area contributed by atoms with Gasteiger partial charge in [-0.15, -0.1) is 5.10 Å². The van der Waals surface area contributed by atoms with Gasteiger partial charge in [0.2, 0.25) is 5.91 Å². The van der Waals surface area contributed by atoms with E-state index in [4.69, 9.17) is 0 Å². The summed E-state index contributed by atoms with van der Waals surface area (Å²) in [5.41, 5.74) is 3.50. The van der Waals surface area contributed by atoms with Crippen molar-refractivity contribution in [2.75, 3.05) is 23.3 Å². The van der Waals surface area contributed by atoms with Crippen LogP contribution in [0.25, 0.3) is 11.2 Å². The van der Waals surface area contributed by atoms with E-state index in [1.807, 2.05) is 24.0 Å². The van der Waals surface area contributed by atoms with E-state index in [9.17, 15) is 4.79 Å². The molecular weight excluding hydrogens is 342 g/mol. The highest BCUT2D eigenvalue weighted by Gasteiger charge is 2.35. The molecule has 2 aromatic heterocycles. The van der Waals surface area contributed by atoms with Crippen molar-refractivity contribution < 1.29 is 4.79 Å². The molecular formula is C19H23N7O. The van der Waals surface area contributed by atoms with Crippen molar-refractivity contribution in [1.82, 2.24) is 25.0 Å². The molecule has 0 bridgehead atoms. The molecule has 140 valence electrons. The maximum atomic E-state index is 12.5. The number of hydrogen-bond acceptors (Lipinski definition) is 6. The van der Waals surface area contributed by atoms with Crippen LogP contribution in [0.5, 0.6) is 0 Å². The van der Waals surface area contributed by atoms with Crippen molar-refractivity contribution in [3.05, 3.63) is 36.2 Å². The Bertz CT molecular complexity index is 958. The summed E-state index contributed by atoms with van der Waals surface area (Å²) in [5, 5.41) is 11.3. The molecule has 27 heavy (non-hydrogen) atoms. The van der Waals surface area contributed by atoms with E-state index < -0.39 is 0 Å². The third-order valence-corrected chi connectivity index (χ3v) is 4.98. The molecule has 1 aromatic carbocycles. The van der Waals surface area contributed by atoms with Gasteiger partial charge in [0.25, 0.3) is 0 Å². The number of anilines is 2. The van der Waals surface area contributed by atoms with Gasteiger partial charge in [-0.05, 0) is 30.5 Å². The first kappa shape index (κ1) is 17.4. The van der Waals surface area contributed by atoms with Gasteiger partial charge in [-0.1, -0.05) is 31.2 Å². The number of nitrogens with zero attached hydrogens (tertiary/aromatic N) is 6. The van der Waals surface area contributed by atoms with Crippen molar-refractivity contribution in [2.24, 2.45) is 5.92 Å². The number of benzene rings is 1. The van der Waals surface area contributed by atoms with E-state index >= 15 is 0 Å². The van der Waals surface area contributed by atoms with Gasteiger partial charge in [-0.3, -0.25) is 4.79 Å². The van der Waals surface area contributed by atoms with Crippen molar-refractivity contribution in [2.45, 2.75) is 33.2 Å². The average Bonchev–Trinajstić information content (AvgIpc) is 3.05. The molecule has 1 fully saturated rings. The summed E-state index contributed by atoms with van der Waals surface area (Å²) >= 11 is 0. The summed E-state index contributed by atoms with van der Waals surface area (Å²) in [7, 11) is 0. The maximum absolute atomic E-state index is 12.5. The van der Waals surface area contributed by atoms with Crippen LogP contribution in [0.15, 0.2) is 30.6 Å². The summed E-state index contributed by atoms with van der Waals surface area (Å²) in [5.74, 6) is 1.18.